The Balaban J connectivity index is 2.71. The lowest BCUT2D eigenvalue weighted by Gasteiger charge is -2.07. The minimum atomic E-state index is -1.02. The van der Waals surface area contributed by atoms with E-state index in [9.17, 15) is 14.9 Å². The van der Waals surface area contributed by atoms with E-state index in [4.69, 9.17) is 5.11 Å². The first-order valence-electron chi connectivity index (χ1n) is 4.13. The fraction of sp³-hybridized carbons (Fsp3) is 0.429. The lowest BCUT2D eigenvalue weighted by atomic mass is 10.2. The van der Waals surface area contributed by atoms with E-state index in [1.165, 1.54) is 13.2 Å². The highest BCUT2D eigenvalue weighted by molar-refractivity contribution is 5.73. The van der Waals surface area contributed by atoms with Crippen LogP contribution in [0.15, 0.2) is 6.20 Å². The standard InChI is InChI=1S/C7H10N4O4/c1-8-5(6(12)13)2-4-3-9-7(10-4)11(14)15/h3,5,8H,2H2,1H3,(H,9,10)(H,12,13)/t5-/m0/s1. The average Bonchev–Trinajstić information content (AvgIpc) is 2.61. The molecule has 1 aromatic rings. The highest BCUT2D eigenvalue weighted by Gasteiger charge is 2.19. The van der Waals surface area contributed by atoms with Gasteiger partial charge in [0, 0.05) is 6.42 Å². The molecule has 1 heterocycles. The Morgan fingerprint density at radius 2 is 2.53 bits per heavy atom. The van der Waals surface area contributed by atoms with E-state index in [0.29, 0.717) is 5.69 Å². The van der Waals surface area contributed by atoms with Crippen LogP contribution in [-0.4, -0.2) is 39.1 Å². The van der Waals surface area contributed by atoms with Gasteiger partial charge in [-0.1, -0.05) is 4.98 Å². The summed E-state index contributed by atoms with van der Waals surface area (Å²) in [6, 6.07) is -0.787. The van der Waals surface area contributed by atoms with Gasteiger partial charge in [0.2, 0.25) is 0 Å². The third-order valence-corrected chi connectivity index (χ3v) is 1.86. The van der Waals surface area contributed by atoms with Crippen molar-refractivity contribution in [2.75, 3.05) is 7.05 Å². The Labute approximate surface area is 84.5 Å². The van der Waals surface area contributed by atoms with Crippen molar-refractivity contribution in [3.63, 3.8) is 0 Å². The first kappa shape index (κ1) is 11.1. The summed E-state index contributed by atoms with van der Waals surface area (Å²) in [6.45, 7) is 0. The second-order valence-electron chi connectivity index (χ2n) is 2.87. The largest absolute Gasteiger partial charge is 0.480 e. The lowest BCUT2D eigenvalue weighted by molar-refractivity contribution is -0.393. The SMILES string of the molecule is CN[C@@H](Cc1cnc([N+](=O)[O-])[nH]1)C(=O)O. The van der Waals surface area contributed by atoms with E-state index in [1.54, 1.807) is 0 Å². The molecule has 0 amide bonds. The van der Waals surface area contributed by atoms with Crippen molar-refractivity contribution in [2.45, 2.75) is 12.5 Å². The molecule has 0 aliphatic carbocycles. The molecule has 0 bridgehead atoms. The van der Waals surface area contributed by atoms with Crippen molar-refractivity contribution in [1.82, 2.24) is 15.3 Å². The molecule has 0 aliphatic rings. The molecule has 0 saturated heterocycles. The molecule has 15 heavy (non-hydrogen) atoms. The maximum Gasteiger partial charge on any atom is 0.432 e. The van der Waals surface area contributed by atoms with Crippen LogP contribution in [-0.2, 0) is 11.2 Å². The minimum Gasteiger partial charge on any atom is -0.480 e. The maximum atomic E-state index is 10.6. The molecule has 0 unspecified atom stereocenters. The van der Waals surface area contributed by atoms with Gasteiger partial charge in [0.05, 0.1) is 0 Å². The second kappa shape index (κ2) is 4.51. The predicted octanol–water partition coefficient (Wildman–Crippen LogP) is -0.467. The molecule has 8 heteroatoms. The zero-order valence-electron chi connectivity index (χ0n) is 7.93. The van der Waals surface area contributed by atoms with Crippen molar-refractivity contribution in [1.29, 1.82) is 0 Å². The zero-order chi connectivity index (χ0) is 11.4. The Bertz CT molecular complexity index is 375. The highest BCUT2D eigenvalue weighted by atomic mass is 16.6. The number of carboxylic acids is 1. The molecule has 0 radical (unpaired) electrons. The Kier molecular flexibility index (Phi) is 3.34. The summed E-state index contributed by atoms with van der Waals surface area (Å²) in [5.41, 5.74) is 0.406. The topological polar surface area (TPSA) is 121 Å². The summed E-state index contributed by atoms with van der Waals surface area (Å²) in [6.07, 6.45) is 1.37. The summed E-state index contributed by atoms with van der Waals surface area (Å²) in [7, 11) is 1.50. The smallest absolute Gasteiger partial charge is 0.432 e. The highest BCUT2D eigenvalue weighted by Crippen LogP contribution is 2.07. The summed E-state index contributed by atoms with van der Waals surface area (Å²) >= 11 is 0. The number of likely N-dealkylation sites (N-methyl/N-ethyl adjacent to an activating group) is 1. The quantitative estimate of drug-likeness (QED) is 0.450. The van der Waals surface area contributed by atoms with Crippen LogP contribution in [0.2, 0.25) is 0 Å². The van der Waals surface area contributed by atoms with Gasteiger partial charge in [0.15, 0.2) is 0 Å². The van der Waals surface area contributed by atoms with Gasteiger partial charge in [-0.15, -0.1) is 0 Å². The number of aromatic amines is 1. The number of nitrogens with one attached hydrogen (secondary N) is 2. The molecule has 82 valence electrons. The average molecular weight is 214 g/mol. The fourth-order valence-corrected chi connectivity index (χ4v) is 1.08. The molecule has 0 spiro atoms. The maximum absolute atomic E-state index is 10.6. The summed E-state index contributed by atoms with van der Waals surface area (Å²) in [5, 5.41) is 21.6. The van der Waals surface area contributed by atoms with Crippen molar-refractivity contribution in [3.05, 3.63) is 22.0 Å². The third-order valence-electron chi connectivity index (χ3n) is 1.86. The first-order chi connectivity index (χ1) is 7.04. The Morgan fingerprint density at radius 3 is 2.93 bits per heavy atom. The zero-order valence-corrected chi connectivity index (χ0v) is 7.93. The number of carbonyl (C=O) groups is 1. The van der Waals surface area contributed by atoms with Crippen LogP contribution in [0.4, 0.5) is 5.95 Å². The molecule has 8 nitrogen and oxygen atoms in total. The molecule has 1 rings (SSSR count). The van der Waals surface area contributed by atoms with Gasteiger partial charge >= 0.3 is 11.9 Å². The van der Waals surface area contributed by atoms with Crippen LogP contribution in [0.3, 0.4) is 0 Å². The van der Waals surface area contributed by atoms with Crippen molar-refractivity contribution >= 4 is 11.9 Å². The Hall–Kier alpha value is -1.96. The van der Waals surface area contributed by atoms with Gasteiger partial charge in [-0.2, -0.15) is 0 Å². The first-order valence-corrected chi connectivity index (χ1v) is 4.13. The van der Waals surface area contributed by atoms with Gasteiger partial charge in [0.25, 0.3) is 0 Å². The summed E-state index contributed by atoms with van der Waals surface area (Å²) in [5.74, 6) is -1.40. The van der Waals surface area contributed by atoms with E-state index < -0.39 is 16.9 Å². The van der Waals surface area contributed by atoms with Crippen LogP contribution in [0.25, 0.3) is 0 Å². The van der Waals surface area contributed by atoms with E-state index in [2.05, 4.69) is 15.3 Å². The molecular formula is C7H10N4O4. The molecule has 0 fully saturated rings. The molecule has 3 N–H and O–H groups in total. The van der Waals surface area contributed by atoms with Crippen LogP contribution in [0.1, 0.15) is 5.69 Å². The molecule has 0 aromatic carbocycles. The molecule has 0 aliphatic heterocycles. The van der Waals surface area contributed by atoms with Gasteiger partial charge in [-0.3, -0.25) is 4.79 Å². The van der Waals surface area contributed by atoms with Crippen molar-refractivity contribution in [2.24, 2.45) is 0 Å². The number of nitrogens with zero attached hydrogens (tertiary/aromatic N) is 2. The molecular weight excluding hydrogens is 204 g/mol. The fourth-order valence-electron chi connectivity index (χ4n) is 1.08. The van der Waals surface area contributed by atoms with E-state index >= 15 is 0 Å². The summed E-state index contributed by atoms with van der Waals surface area (Å²) in [4.78, 5) is 26.2. The summed E-state index contributed by atoms with van der Waals surface area (Å²) < 4.78 is 0. The number of aliphatic carboxylic acids is 1. The number of hydrogen-bond donors (Lipinski definition) is 3. The van der Waals surface area contributed by atoms with Crippen LogP contribution in [0, 0.1) is 10.1 Å². The third kappa shape index (κ3) is 2.74. The van der Waals surface area contributed by atoms with Crippen molar-refractivity contribution < 1.29 is 14.8 Å². The number of imidazole rings is 1. The number of hydrogen-bond acceptors (Lipinski definition) is 5. The number of rotatable bonds is 5. The molecule has 1 aromatic heterocycles. The van der Waals surface area contributed by atoms with E-state index in [0.717, 1.165) is 0 Å². The number of carboxylic acid groups (broad SMARTS) is 1. The second-order valence-corrected chi connectivity index (χ2v) is 2.87. The van der Waals surface area contributed by atoms with E-state index in [-0.39, 0.29) is 12.4 Å². The number of H-pyrrole nitrogens is 1. The number of nitro groups is 1. The van der Waals surface area contributed by atoms with E-state index in [1.807, 2.05) is 0 Å². The van der Waals surface area contributed by atoms with Crippen molar-refractivity contribution in [3.8, 4) is 0 Å². The van der Waals surface area contributed by atoms with Gasteiger partial charge in [-0.05, 0) is 12.0 Å². The van der Waals surface area contributed by atoms with Gasteiger partial charge in [-0.25, -0.2) is 4.98 Å². The predicted molar refractivity (Wildman–Crippen MR) is 49.4 cm³/mol. The molecule has 0 saturated carbocycles. The van der Waals surface area contributed by atoms with Gasteiger partial charge < -0.3 is 20.5 Å². The monoisotopic (exact) mass is 214 g/mol. The normalized spacial score (nSPS) is 12.3. The minimum absolute atomic E-state index is 0.118. The van der Waals surface area contributed by atoms with Crippen LogP contribution in [0.5, 0.6) is 0 Å². The van der Waals surface area contributed by atoms with Crippen LogP contribution >= 0.6 is 0 Å². The Morgan fingerprint density at radius 1 is 1.87 bits per heavy atom. The lowest BCUT2D eigenvalue weighted by Crippen LogP contribution is -2.35. The molecule has 1 atom stereocenters. The van der Waals surface area contributed by atoms with Gasteiger partial charge in [0.1, 0.15) is 17.9 Å². The number of aromatic nitrogens is 2. The van der Waals surface area contributed by atoms with Crippen LogP contribution < -0.4 is 5.32 Å².